The molecule has 2 atom stereocenters. The number of rotatable bonds is 6. The SMILES string of the molecule is O=C(CCC(=O)N1CCN(C(=O)[C@H]2C[C@H]2c2cccs2)CC1)c1ccccc1. The van der Waals surface area contributed by atoms with Crippen LogP contribution < -0.4 is 0 Å². The molecular formula is C22H24N2O3S. The van der Waals surface area contributed by atoms with E-state index < -0.39 is 0 Å². The van der Waals surface area contributed by atoms with E-state index >= 15 is 0 Å². The zero-order chi connectivity index (χ0) is 19.5. The third kappa shape index (κ3) is 4.17. The number of carbonyl (C=O) groups is 3. The van der Waals surface area contributed by atoms with Gasteiger partial charge in [-0.2, -0.15) is 0 Å². The fourth-order valence-corrected chi connectivity index (χ4v) is 4.75. The zero-order valence-electron chi connectivity index (χ0n) is 15.8. The zero-order valence-corrected chi connectivity index (χ0v) is 16.6. The molecule has 1 saturated carbocycles. The lowest BCUT2D eigenvalue weighted by Crippen LogP contribution is -2.51. The molecule has 0 unspecified atom stereocenters. The van der Waals surface area contributed by atoms with Crippen molar-refractivity contribution in [3.63, 3.8) is 0 Å². The molecule has 1 aromatic carbocycles. The van der Waals surface area contributed by atoms with Gasteiger partial charge in [0.1, 0.15) is 0 Å². The Morgan fingerprint density at radius 1 is 0.893 bits per heavy atom. The summed E-state index contributed by atoms with van der Waals surface area (Å²) >= 11 is 1.72. The minimum atomic E-state index is -0.00360. The topological polar surface area (TPSA) is 57.7 Å². The number of hydrogen-bond acceptors (Lipinski definition) is 4. The minimum Gasteiger partial charge on any atom is -0.339 e. The molecule has 6 heteroatoms. The second kappa shape index (κ2) is 8.27. The second-order valence-electron chi connectivity index (χ2n) is 7.46. The first-order chi connectivity index (χ1) is 13.6. The van der Waals surface area contributed by atoms with E-state index in [1.165, 1.54) is 4.88 Å². The van der Waals surface area contributed by atoms with E-state index in [-0.39, 0.29) is 36.4 Å². The van der Waals surface area contributed by atoms with E-state index in [2.05, 4.69) is 11.4 Å². The van der Waals surface area contributed by atoms with E-state index in [1.807, 2.05) is 29.2 Å². The third-order valence-corrected chi connectivity index (χ3v) is 6.63. The van der Waals surface area contributed by atoms with Crippen LogP contribution in [0, 0.1) is 5.92 Å². The lowest BCUT2D eigenvalue weighted by atomic mass is 10.1. The van der Waals surface area contributed by atoms with Crippen LogP contribution in [-0.2, 0) is 9.59 Å². The Morgan fingerprint density at radius 3 is 2.29 bits per heavy atom. The molecule has 5 nitrogen and oxygen atoms in total. The maximum absolute atomic E-state index is 12.7. The fraction of sp³-hybridized carbons (Fsp3) is 0.409. The van der Waals surface area contributed by atoms with Crippen molar-refractivity contribution in [1.82, 2.24) is 9.80 Å². The first-order valence-electron chi connectivity index (χ1n) is 9.81. The average molecular weight is 397 g/mol. The molecule has 1 aliphatic heterocycles. The number of hydrogen-bond donors (Lipinski definition) is 0. The van der Waals surface area contributed by atoms with Gasteiger partial charge in [-0.1, -0.05) is 36.4 Å². The largest absolute Gasteiger partial charge is 0.339 e. The Hall–Kier alpha value is -2.47. The van der Waals surface area contributed by atoms with Crippen molar-refractivity contribution in [3.8, 4) is 0 Å². The lowest BCUT2D eigenvalue weighted by molar-refractivity contribution is -0.140. The second-order valence-corrected chi connectivity index (χ2v) is 8.44. The van der Waals surface area contributed by atoms with Crippen LogP contribution in [0.25, 0.3) is 0 Å². The molecule has 28 heavy (non-hydrogen) atoms. The molecule has 1 saturated heterocycles. The smallest absolute Gasteiger partial charge is 0.226 e. The van der Waals surface area contributed by atoms with Crippen molar-refractivity contribution in [1.29, 1.82) is 0 Å². The predicted octanol–water partition coefficient (Wildman–Crippen LogP) is 3.19. The van der Waals surface area contributed by atoms with E-state index in [0.29, 0.717) is 37.7 Å². The normalized spacial score (nSPS) is 21.4. The molecule has 146 valence electrons. The van der Waals surface area contributed by atoms with Gasteiger partial charge in [-0.05, 0) is 17.9 Å². The van der Waals surface area contributed by atoms with Gasteiger partial charge >= 0.3 is 0 Å². The third-order valence-electron chi connectivity index (χ3n) is 5.62. The summed E-state index contributed by atoms with van der Waals surface area (Å²) in [6.45, 7) is 2.29. The number of carbonyl (C=O) groups excluding carboxylic acids is 3. The van der Waals surface area contributed by atoms with Gasteiger partial charge < -0.3 is 9.80 Å². The van der Waals surface area contributed by atoms with Crippen molar-refractivity contribution in [2.75, 3.05) is 26.2 Å². The summed E-state index contributed by atoms with van der Waals surface area (Å²) in [6, 6.07) is 13.2. The van der Waals surface area contributed by atoms with Gasteiger partial charge in [0.2, 0.25) is 11.8 Å². The molecule has 1 aromatic heterocycles. The number of Topliss-reactive ketones (excluding diaryl/α,β-unsaturated/α-hetero) is 1. The highest BCUT2D eigenvalue weighted by atomic mass is 32.1. The van der Waals surface area contributed by atoms with Gasteiger partial charge in [-0.15, -0.1) is 11.3 Å². The number of thiophene rings is 1. The van der Waals surface area contributed by atoms with Crippen LogP contribution >= 0.6 is 11.3 Å². The van der Waals surface area contributed by atoms with Gasteiger partial charge in [0, 0.05) is 61.3 Å². The molecule has 2 aromatic rings. The van der Waals surface area contributed by atoms with E-state index in [1.54, 1.807) is 28.4 Å². The molecule has 2 aliphatic rings. The highest BCUT2D eigenvalue weighted by Crippen LogP contribution is 2.50. The molecule has 1 aliphatic carbocycles. The molecule has 2 fully saturated rings. The number of nitrogens with zero attached hydrogens (tertiary/aromatic N) is 2. The molecule has 0 bridgehead atoms. The van der Waals surface area contributed by atoms with Crippen LogP contribution in [0.3, 0.4) is 0 Å². The number of benzene rings is 1. The molecule has 0 radical (unpaired) electrons. The molecule has 4 rings (SSSR count). The van der Waals surface area contributed by atoms with Gasteiger partial charge in [-0.3, -0.25) is 14.4 Å². The summed E-state index contributed by atoms with van der Waals surface area (Å²) in [5, 5.41) is 2.06. The van der Waals surface area contributed by atoms with Gasteiger partial charge in [0.15, 0.2) is 5.78 Å². The van der Waals surface area contributed by atoms with E-state index in [4.69, 9.17) is 0 Å². The summed E-state index contributed by atoms with van der Waals surface area (Å²) in [6.07, 6.45) is 1.40. The van der Waals surface area contributed by atoms with E-state index in [0.717, 1.165) is 6.42 Å². The summed E-state index contributed by atoms with van der Waals surface area (Å²) in [5.41, 5.74) is 0.649. The Kier molecular flexibility index (Phi) is 5.57. The molecular weight excluding hydrogens is 372 g/mol. The highest BCUT2D eigenvalue weighted by Gasteiger charge is 2.46. The maximum atomic E-state index is 12.7. The number of ketones is 1. The summed E-state index contributed by atoms with van der Waals surface area (Å²) in [5.74, 6) is 0.723. The van der Waals surface area contributed by atoms with Crippen LogP contribution in [0.2, 0.25) is 0 Å². The first-order valence-corrected chi connectivity index (χ1v) is 10.7. The Balaban J connectivity index is 1.21. The van der Waals surface area contributed by atoms with Crippen molar-refractivity contribution in [3.05, 3.63) is 58.3 Å². The van der Waals surface area contributed by atoms with Crippen LogP contribution in [0.4, 0.5) is 0 Å². The lowest BCUT2D eigenvalue weighted by Gasteiger charge is -2.35. The molecule has 0 spiro atoms. The minimum absolute atomic E-state index is 0.000681. The van der Waals surface area contributed by atoms with Gasteiger partial charge in [0.25, 0.3) is 0 Å². The molecule has 0 N–H and O–H groups in total. The van der Waals surface area contributed by atoms with Crippen LogP contribution in [-0.4, -0.2) is 53.6 Å². The summed E-state index contributed by atoms with van der Waals surface area (Å²) < 4.78 is 0. The maximum Gasteiger partial charge on any atom is 0.226 e. The molecule has 2 amide bonds. The summed E-state index contributed by atoms with van der Waals surface area (Å²) in [4.78, 5) is 42.3. The Bertz CT molecular complexity index is 842. The van der Waals surface area contributed by atoms with Crippen molar-refractivity contribution < 1.29 is 14.4 Å². The summed E-state index contributed by atoms with van der Waals surface area (Å²) in [7, 11) is 0. The predicted molar refractivity (Wildman–Crippen MR) is 108 cm³/mol. The van der Waals surface area contributed by atoms with E-state index in [9.17, 15) is 14.4 Å². The van der Waals surface area contributed by atoms with Gasteiger partial charge in [-0.25, -0.2) is 0 Å². The highest BCUT2D eigenvalue weighted by molar-refractivity contribution is 7.10. The Labute approximate surface area is 169 Å². The fourth-order valence-electron chi connectivity index (χ4n) is 3.84. The van der Waals surface area contributed by atoms with Crippen LogP contribution in [0.15, 0.2) is 47.8 Å². The van der Waals surface area contributed by atoms with Crippen molar-refractivity contribution in [2.24, 2.45) is 5.92 Å². The van der Waals surface area contributed by atoms with Crippen LogP contribution in [0.1, 0.15) is 40.4 Å². The monoisotopic (exact) mass is 396 g/mol. The first kappa shape index (κ1) is 18.9. The van der Waals surface area contributed by atoms with Crippen LogP contribution in [0.5, 0.6) is 0 Å². The number of piperazine rings is 1. The average Bonchev–Trinajstić information content (AvgIpc) is 3.36. The van der Waals surface area contributed by atoms with Crippen molar-refractivity contribution >= 4 is 28.9 Å². The number of amides is 2. The van der Waals surface area contributed by atoms with Gasteiger partial charge in [0.05, 0.1) is 0 Å². The Morgan fingerprint density at radius 2 is 1.61 bits per heavy atom. The quantitative estimate of drug-likeness (QED) is 0.705. The standard InChI is InChI=1S/C22H24N2O3S/c25-19(16-5-2-1-3-6-16)8-9-21(26)23-10-12-24(13-11-23)22(27)18-15-17(18)20-7-4-14-28-20/h1-7,14,17-18H,8-13,15H2/t17-,18+/m1/s1. The molecule has 2 heterocycles. The van der Waals surface area contributed by atoms with Crippen molar-refractivity contribution in [2.45, 2.75) is 25.2 Å².